The summed E-state index contributed by atoms with van der Waals surface area (Å²) in [5.74, 6) is 0. The molecule has 0 radical (unpaired) electrons. The van der Waals surface area contributed by atoms with Crippen LogP contribution < -0.4 is 0 Å². The summed E-state index contributed by atoms with van der Waals surface area (Å²) in [5.41, 5.74) is 6.93. The molecule has 0 unspecified atom stereocenters. The smallest absolute Gasteiger partial charge is 0.0439 e. The highest BCUT2D eigenvalue weighted by Crippen LogP contribution is 2.34. The maximum atomic E-state index is 9.18. The van der Waals surface area contributed by atoms with Crippen molar-refractivity contribution in [3.05, 3.63) is 33.9 Å². The molecule has 0 fully saturated rings. The van der Waals surface area contributed by atoms with E-state index in [-0.39, 0.29) is 12.0 Å². The second-order valence-corrected chi connectivity index (χ2v) is 5.49. The third-order valence-electron chi connectivity index (χ3n) is 3.78. The molecule has 1 aromatic carbocycles. The Kier molecular flexibility index (Phi) is 3.80. The number of aliphatic hydroxyl groups excluding tert-OH is 1. The number of aryl methyl sites for hydroxylation is 2. The van der Waals surface area contributed by atoms with Crippen molar-refractivity contribution in [2.45, 2.75) is 53.4 Å². The van der Waals surface area contributed by atoms with Gasteiger partial charge >= 0.3 is 0 Å². The van der Waals surface area contributed by atoms with E-state index in [1.165, 1.54) is 27.8 Å². The summed E-state index contributed by atoms with van der Waals surface area (Å²) in [6, 6.07) is 2.25. The monoisotopic (exact) mass is 220 g/mol. The minimum atomic E-state index is 0.0553. The number of rotatable bonds is 3. The van der Waals surface area contributed by atoms with Gasteiger partial charge in [-0.15, -0.1) is 0 Å². The van der Waals surface area contributed by atoms with E-state index in [9.17, 15) is 5.11 Å². The van der Waals surface area contributed by atoms with Crippen molar-refractivity contribution in [2.24, 2.45) is 0 Å². The molecule has 0 saturated carbocycles. The van der Waals surface area contributed by atoms with Crippen molar-refractivity contribution < 1.29 is 5.11 Å². The lowest BCUT2D eigenvalue weighted by atomic mass is 9.75. The second kappa shape index (κ2) is 4.58. The van der Waals surface area contributed by atoms with Crippen LogP contribution in [-0.4, -0.2) is 11.7 Å². The van der Waals surface area contributed by atoms with Crippen molar-refractivity contribution in [3.8, 4) is 0 Å². The summed E-state index contributed by atoms with van der Waals surface area (Å²) in [6.45, 7) is 13.4. The van der Waals surface area contributed by atoms with Gasteiger partial charge in [0, 0.05) is 6.61 Å². The molecule has 90 valence electrons. The molecule has 0 aromatic heterocycles. The van der Waals surface area contributed by atoms with Crippen LogP contribution in [0.15, 0.2) is 6.07 Å². The van der Waals surface area contributed by atoms with Crippen molar-refractivity contribution in [3.63, 3.8) is 0 Å². The van der Waals surface area contributed by atoms with Gasteiger partial charge in [0.2, 0.25) is 0 Å². The quantitative estimate of drug-likeness (QED) is 0.825. The maximum absolute atomic E-state index is 9.18. The summed E-state index contributed by atoms with van der Waals surface area (Å²) in [6.07, 6.45) is 0.817. The normalized spacial score (nSPS) is 11.9. The molecule has 1 heteroatoms. The minimum Gasteiger partial charge on any atom is -0.396 e. The summed E-state index contributed by atoms with van der Waals surface area (Å²) in [7, 11) is 0. The predicted octanol–water partition coefficient (Wildman–Crippen LogP) is 3.58. The Hall–Kier alpha value is -0.820. The fraction of sp³-hybridized carbons (Fsp3) is 0.600. The molecule has 1 rings (SSSR count). The van der Waals surface area contributed by atoms with E-state index in [0.29, 0.717) is 0 Å². The standard InChI is InChI=1S/C15H24O/c1-10-9-11(2)13(4)14(12(10)3)15(5,6)7-8-16/h9,16H,7-8H2,1-6H3. The van der Waals surface area contributed by atoms with Gasteiger partial charge in [0.05, 0.1) is 0 Å². The molecular formula is C15H24O. The average molecular weight is 220 g/mol. The Morgan fingerprint density at radius 1 is 1.00 bits per heavy atom. The highest BCUT2D eigenvalue weighted by atomic mass is 16.3. The van der Waals surface area contributed by atoms with Gasteiger partial charge < -0.3 is 5.11 Å². The first kappa shape index (κ1) is 13.2. The largest absolute Gasteiger partial charge is 0.396 e. The van der Waals surface area contributed by atoms with E-state index in [1.807, 2.05) is 0 Å². The van der Waals surface area contributed by atoms with Crippen molar-refractivity contribution >= 4 is 0 Å². The number of hydrogen-bond acceptors (Lipinski definition) is 1. The molecule has 0 saturated heterocycles. The third kappa shape index (κ3) is 2.30. The first-order chi connectivity index (χ1) is 7.31. The summed E-state index contributed by atoms with van der Waals surface area (Å²) in [4.78, 5) is 0. The predicted molar refractivity (Wildman–Crippen MR) is 70.1 cm³/mol. The zero-order chi connectivity index (χ0) is 12.5. The maximum Gasteiger partial charge on any atom is 0.0439 e. The zero-order valence-corrected chi connectivity index (χ0v) is 11.4. The molecule has 0 aliphatic carbocycles. The molecule has 0 atom stereocenters. The van der Waals surface area contributed by atoms with Crippen LogP contribution >= 0.6 is 0 Å². The van der Waals surface area contributed by atoms with Crippen LogP contribution in [-0.2, 0) is 5.41 Å². The van der Waals surface area contributed by atoms with Gasteiger partial charge in [-0.25, -0.2) is 0 Å². The van der Waals surface area contributed by atoms with Crippen molar-refractivity contribution in [1.29, 1.82) is 0 Å². The van der Waals surface area contributed by atoms with Crippen LogP contribution in [0.4, 0.5) is 0 Å². The Bertz CT molecular complexity index is 363. The lowest BCUT2D eigenvalue weighted by molar-refractivity contribution is 0.251. The lowest BCUT2D eigenvalue weighted by Crippen LogP contribution is -2.22. The first-order valence-electron chi connectivity index (χ1n) is 6.00. The summed E-state index contributed by atoms with van der Waals surface area (Å²) in [5, 5.41) is 9.18. The minimum absolute atomic E-state index is 0.0553. The van der Waals surface area contributed by atoms with Crippen LogP contribution in [0, 0.1) is 27.7 Å². The number of aliphatic hydroxyl groups is 1. The molecule has 1 N–H and O–H groups in total. The molecule has 0 aliphatic rings. The molecule has 1 nitrogen and oxygen atoms in total. The van der Waals surface area contributed by atoms with E-state index < -0.39 is 0 Å². The van der Waals surface area contributed by atoms with Crippen LogP contribution in [0.25, 0.3) is 0 Å². The summed E-state index contributed by atoms with van der Waals surface area (Å²) >= 11 is 0. The zero-order valence-electron chi connectivity index (χ0n) is 11.4. The Labute approximate surface area is 99.5 Å². The van der Waals surface area contributed by atoms with Gasteiger partial charge in [0.1, 0.15) is 0 Å². The molecule has 0 aliphatic heterocycles. The fourth-order valence-corrected chi connectivity index (χ4v) is 2.64. The van der Waals surface area contributed by atoms with Gasteiger partial charge in [-0.1, -0.05) is 19.9 Å². The van der Waals surface area contributed by atoms with Gasteiger partial charge in [-0.3, -0.25) is 0 Å². The lowest BCUT2D eigenvalue weighted by Gasteiger charge is -2.30. The van der Waals surface area contributed by atoms with Gasteiger partial charge in [-0.2, -0.15) is 0 Å². The van der Waals surface area contributed by atoms with Crippen LogP contribution in [0.5, 0.6) is 0 Å². The van der Waals surface area contributed by atoms with E-state index in [2.05, 4.69) is 47.6 Å². The van der Waals surface area contributed by atoms with Crippen molar-refractivity contribution in [2.75, 3.05) is 6.61 Å². The van der Waals surface area contributed by atoms with Gasteiger partial charge in [-0.05, 0) is 67.3 Å². The Balaban J connectivity index is 3.42. The number of hydrogen-bond donors (Lipinski definition) is 1. The summed E-state index contributed by atoms with van der Waals surface area (Å²) < 4.78 is 0. The van der Waals surface area contributed by atoms with Gasteiger partial charge in [0.25, 0.3) is 0 Å². The SMILES string of the molecule is Cc1cc(C)c(C)c(C(C)(C)CCO)c1C. The third-order valence-corrected chi connectivity index (χ3v) is 3.78. The molecule has 1 aromatic rings. The molecule has 0 heterocycles. The number of benzene rings is 1. The first-order valence-corrected chi connectivity index (χ1v) is 6.00. The Morgan fingerprint density at radius 3 is 1.81 bits per heavy atom. The molecule has 16 heavy (non-hydrogen) atoms. The molecular weight excluding hydrogens is 196 g/mol. The van der Waals surface area contributed by atoms with E-state index in [4.69, 9.17) is 0 Å². The topological polar surface area (TPSA) is 20.2 Å². The molecule has 0 amide bonds. The average Bonchev–Trinajstić information content (AvgIpc) is 2.14. The highest BCUT2D eigenvalue weighted by molar-refractivity contribution is 5.47. The second-order valence-electron chi connectivity index (χ2n) is 5.49. The van der Waals surface area contributed by atoms with E-state index in [1.54, 1.807) is 0 Å². The molecule has 0 spiro atoms. The molecule has 0 bridgehead atoms. The fourth-order valence-electron chi connectivity index (χ4n) is 2.64. The van der Waals surface area contributed by atoms with Crippen LogP contribution in [0.1, 0.15) is 48.1 Å². The van der Waals surface area contributed by atoms with Crippen LogP contribution in [0.2, 0.25) is 0 Å². The highest BCUT2D eigenvalue weighted by Gasteiger charge is 2.25. The van der Waals surface area contributed by atoms with E-state index in [0.717, 1.165) is 6.42 Å². The van der Waals surface area contributed by atoms with E-state index >= 15 is 0 Å². The van der Waals surface area contributed by atoms with Crippen LogP contribution in [0.3, 0.4) is 0 Å². The Morgan fingerprint density at radius 2 is 1.44 bits per heavy atom. The van der Waals surface area contributed by atoms with Gasteiger partial charge in [0.15, 0.2) is 0 Å². The van der Waals surface area contributed by atoms with Crippen molar-refractivity contribution in [1.82, 2.24) is 0 Å².